The Hall–Kier alpha value is -3.32. The van der Waals surface area contributed by atoms with Crippen LogP contribution in [0.1, 0.15) is 47.4 Å². The lowest BCUT2D eigenvalue weighted by molar-refractivity contribution is 0.102. The topological polar surface area (TPSA) is 76.7 Å². The molecule has 0 aromatic heterocycles. The molecule has 0 heterocycles. The van der Waals surface area contributed by atoms with Crippen LogP contribution in [0.4, 0.5) is 11.4 Å². The molecule has 0 bridgehead atoms. The summed E-state index contributed by atoms with van der Waals surface area (Å²) in [4.78, 5) is 26.0. The molecule has 0 aliphatic rings. The van der Waals surface area contributed by atoms with Crippen molar-refractivity contribution in [2.45, 2.75) is 26.7 Å². The number of hydrogen-bond donors (Lipinski definition) is 2. The first kappa shape index (κ1) is 24.3. The zero-order valence-corrected chi connectivity index (χ0v) is 20.3. The van der Waals surface area contributed by atoms with Crippen LogP contribution in [-0.2, 0) is 0 Å². The van der Waals surface area contributed by atoms with Crippen LogP contribution in [0.5, 0.6) is 11.5 Å². The van der Waals surface area contributed by atoms with Gasteiger partial charge in [0.1, 0.15) is 11.5 Å². The summed E-state index contributed by atoms with van der Waals surface area (Å²) < 4.78 is 12.0. The summed E-state index contributed by atoms with van der Waals surface area (Å²) in [5.74, 6) is 0.544. The summed E-state index contributed by atoms with van der Waals surface area (Å²) in [5, 5.41) is 5.71. The summed E-state index contributed by atoms with van der Waals surface area (Å²) in [7, 11) is 0. The fraction of sp³-hybridized carbons (Fsp3) is 0.231. The number of benzene rings is 3. The molecule has 3 rings (SSSR count). The first-order valence-corrected chi connectivity index (χ1v) is 11.7. The number of halogens is 1. The fourth-order valence-electron chi connectivity index (χ4n) is 3.11. The second-order valence-electron chi connectivity index (χ2n) is 7.25. The quantitative estimate of drug-likeness (QED) is 0.304. The molecule has 0 aliphatic carbocycles. The predicted octanol–water partition coefficient (Wildman–Crippen LogP) is 6.53. The van der Waals surface area contributed by atoms with Crippen LogP contribution in [0.15, 0.2) is 71.2 Å². The third kappa shape index (κ3) is 6.83. The van der Waals surface area contributed by atoms with E-state index in [1.165, 1.54) is 0 Å². The van der Waals surface area contributed by atoms with Crippen molar-refractivity contribution in [3.8, 4) is 11.5 Å². The second-order valence-corrected chi connectivity index (χ2v) is 8.17. The number of unbranched alkanes of at least 4 members (excludes halogenated alkanes) is 1. The summed E-state index contributed by atoms with van der Waals surface area (Å²) in [6.45, 7) is 5.09. The number of rotatable bonds is 10. The van der Waals surface area contributed by atoms with Crippen LogP contribution in [0.2, 0.25) is 0 Å². The van der Waals surface area contributed by atoms with Crippen molar-refractivity contribution in [3.05, 3.63) is 82.3 Å². The average Bonchev–Trinajstić information content (AvgIpc) is 2.82. The van der Waals surface area contributed by atoms with Crippen molar-refractivity contribution >= 4 is 39.1 Å². The van der Waals surface area contributed by atoms with Gasteiger partial charge in [-0.3, -0.25) is 9.59 Å². The van der Waals surface area contributed by atoms with Crippen LogP contribution in [0, 0.1) is 0 Å². The molecule has 6 nitrogen and oxygen atoms in total. The molecule has 0 aliphatic heterocycles. The minimum Gasteiger partial charge on any atom is -0.494 e. The van der Waals surface area contributed by atoms with Gasteiger partial charge in [0.15, 0.2) is 0 Å². The Balaban J connectivity index is 1.77. The number of carbonyl (C=O) groups is 2. The van der Waals surface area contributed by atoms with Gasteiger partial charge in [0.05, 0.1) is 30.0 Å². The molecule has 0 spiro atoms. The maximum Gasteiger partial charge on any atom is 0.259 e. The molecule has 0 saturated carbocycles. The van der Waals surface area contributed by atoms with E-state index < -0.39 is 0 Å². The molecule has 0 unspecified atom stereocenters. The summed E-state index contributed by atoms with van der Waals surface area (Å²) in [6, 6.07) is 19.3. The van der Waals surface area contributed by atoms with Gasteiger partial charge in [-0.15, -0.1) is 0 Å². The minimum absolute atomic E-state index is 0.330. The molecular weight excluding hydrogens is 484 g/mol. The van der Waals surface area contributed by atoms with Gasteiger partial charge >= 0.3 is 0 Å². The van der Waals surface area contributed by atoms with Crippen molar-refractivity contribution in [3.63, 3.8) is 0 Å². The first-order chi connectivity index (χ1) is 16.0. The Morgan fingerprint density at radius 2 is 1.58 bits per heavy atom. The highest BCUT2D eigenvalue weighted by Gasteiger charge is 2.18. The van der Waals surface area contributed by atoms with Gasteiger partial charge in [0, 0.05) is 10.2 Å². The van der Waals surface area contributed by atoms with Crippen LogP contribution in [0.25, 0.3) is 0 Å². The van der Waals surface area contributed by atoms with Gasteiger partial charge in [0.2, 0.25) is 0 Å². The van der Waals surface area contributed by atoms with Gasteiger partial charge in [-0.25, -0.2) is 0 Å². The number of amides is 2. The Kier molecular flexibility index (Phi) is 8.89. The molecule has 2 N–H and O–H groups in total. The van der Waals surface area contributed by atoms with Crippen molar-refractivity contribution in [1.82, 2.24) is 0 Å². The molecule has 33 heavy (non-hydrogen) atoms. The van der Waals surface area contributed by atoms with E-state index in [2.05, 4.69) is 33.5 Å². The van der Waals surface area contributed by atoms with Gasteiger partial charge in [-0.2, -0.15) is 0 Å². The number of nitrogens with one attached hydrogen (secondary N) is 2. The highest BCUT2D eigenvalue weighted by atomic mass is 79.9. The Bertz CT molecular complexity index is 1100. The van der Waals surface area contributed by atoms with E-state index in [0.29, 0.717) is 41.5 Å². The lowest BCUT2D eigenvalue weighted by Gasteiger charge is -2.14. The van der Waals surface area contributed by atoms with E-state index in [9.17, 15) is 9.59 Å². The molecule has 3 aromatic rings. The molecule has 172 valence electrons. The zero-order chi connectivity index (χ0) is 23.6. The molecule has 0 radical (unpaired) electrons. The SMILES string of the molecule is CCCCOc1ccc(Br)cc1C(=O)Nc1ccccc1C(=O)Nc1ccc(OCC)cc1. The average molecular weight is 511 g/mol. The van der Waals surface area contributed by atoms with Crippen LogP contribution < -0.4 is 20.1 Å². The number of anilines is 2. The highest BCUT2D eigenvalue weighted by molar-refractivity contribution is 9.10. The van der Waals surface area contributed by atoms with E-state index in [4.69, 9.17) is 9.47 Å². The van der Waals surface area contributed by atoms with E-state index in [0.717, 1.165) is 23.1 Å². The summed E-state index contributed by atoms with van der Waals surface area (Å²) >= 11 is 3.41. The Morgan fingerprint density at radius 3 is 2.30 bits per heavy atom. The Morgan fingerprint density at radius 1 is 0.848 bits per heavy atom. The lowest BCUT2D eigenvalue weighted by atomic mass is 10.1. The third-order valence-corrected chi connectivity index (χ3v) is 5.28. The third-order valence-electron chi connectivity index (χ3n) is 4.78. The molecule has 0 saturated heterocycles. The normalized spacial score (nSPS) is 10.4. The van der Waals surface area contributed by atoms with Crippen LogP contribution in [-0.4, -0.2) is 25.0 Å². The smallest absolute Gasteiger partial charge is 0.259 e. The van der Waals surface area contributed by atoms with Gasteiger partial charge in [-0.05, 0) is 67.9 Å². The van der Waals surface area contributed by atoms with Crippen molar-refractivity contribution in [2.75, 3.05) is 23.8 Å². The Labute approximate surface area is 202 Å². The van der Waals surface area contributed by atoms with E-state index in [1.54, 1.807) is 60.7 Å². The molecule has 3 aromatic carbocycles. The number of para-hydroxylation sites is 1. The fourth-order valence-corrected chi connectivity index (χ4v) is 3.47. The maximum atomic E-state index is 13.1. The van der Waals surface area contributed by atoms with Gasteiger partial charge in [0.25, 0.3) is 11.8 Å². The van der Waals surface area contributed by atoms with Gasteiger partial charge in [-0.1, -0.05) is 41.4 Å². The maximum absolute atomic E-state index is 13.1. The highest BCUT2D eigenvalue weighted by Crippen LogP contribution is 2.26. The van der Waals surface area contributed by atoms with E-state index in [1.807, 2.05) is 13.0 Å². The molecule has 0 atom stereocenters. The molecule has 2 amide bonds. The minimum atomic E-state index is -0.357. The summed E-state index contributed by atoms with van der Waals surface area (Å²) in [6.07, 6.45) is 1.89. The van der Waals surface area contributed by atoms with Gasteiger partial charge < -0.3 is 20.1 Å². The predicted molar refractivity (Wildman–Crippen MR) is 135 cm³/mol. The molecular formula is C26H27BrN2O4. The lowest BCUT2D eigenvalue weighted by Crippen LogP contribution is -2.19. The van der Waals surface area contributed by atoms with E-state index in [-0.39, 0.29) is 11.8 Å². The van der Waals surface area contributed by atoms with Crippen molar-refractivity contribution < 1.29 is 19.1 Å². The van der Waals surface area contributed by atoms with Crippen molar-refractivity contribution in [1.29, 1.82) is 0 Å². The van der Waals surface area contributed by atoms with E-state index >= 15 is 0 Å². The first-order valence-electron chi connectivity index (χ1n) is 10.9. The van der Waals surface area contributed by atoms with Crippen molar-refractivity contribution in [2.24, 2.45) is 0 Å². The van der Waals surface area contributed by atoms with Crippen LogP contribution in [0.3, 0.4) is 0 Å². The zero-order valence-electron chi connectivity index (χ0n) is 18.7. The van der Waals surface area contributed by atoms with Crippen LogP contribution >= 0.6 is 15.9 Å². The summed E-state index contributed by atoms with van der Waals surface area (Å²) in [5.41, 5.74) is 1.78. The number of ether oxygens (including phenoxy) is 2. The molecule has 0 fully saturated rings. The largest absolute Gasteiger partial charge is 0.494 e. The standard InChI is InChI=1S/C26H27BrN2O4/c1-3-5-16-33-24-15-10-18(27)17-22(24)26(31)29-23-9-7-6-8-21(23)25(30)28-19-11-13-20(14-12-19)32-4-2/h6-15,17H,3-5,16H2,1-2H3,(H,28,30)(H,29,31). The second kappa shape index (κ2) is 12.1. The monoisotopic (exact) mass is 510 g/mol. The number of carbonyl (C=O) groups excluding carboxylic acids is 2. The molecule has 7 heteroatoms. The number of hydrogen-bond acceptors (Lipinski definition) is 4.